The van der Waals surface area contributed by atoms with Gasteiger partial charge in [0.15, 0.2) is 0 Å². The predicted molar refractivity (Wildman–Crippen MR) is 76.6 cm³/mol. The third kappa shape index (κ3) is 5.18. The number of nitrogens with one attached hydrogen (secondary N) is 1. The predicted octanol–water partition coefficient (Wildman–Crippen LogP) is 2.27. The number of benzene rings is 1. The number of nitrogens with two attached hydrogens (primary N) is 1. The molecule has 6 heteroatoms. The molecular formula is C13H18ClN3O2. The van der Waals surface area contributed by atoms with Crippen LogP contribution >= 0.6 is 11.6 Å². The first-order valence-corrected chi connectivity index (χ1v) is 6.56. The summed E-state index contributed by atoms with van der Waals surface area (Å²) in [5.74, 6) is 0.0717. The summed E-state index contributed by atoms with van der Waals surface area (Å²) in [6.45, 7) is 0.633. The molecule has 104 valence electrons. The van der Waals surface area contributed by atoms with E-state index in [0.717, 1.165) is 12.8 Å². The lowest BCUT2D eigenvalue weighted by molar-refractivity contribution is 0.1000. The van der Waals surface area contributed by atoms with Crippen molar-refractivity contribution in [3.05, 3.63) is 29.8 Å². The van der Waals surface area contributed by atoms with Crippen LogP contribution in [-0.4, -0.2) is 36.3 Å². The lowest BCUT2D eigenvalue weighted by Gasteiger charge is -2.17. The summed E-state index contributed by atoms with van der Waals surface area (Å²) in [6.07, 6.45) is 1.73. The van der Waals surface area contributed by atoms with Gasteiger partial charge in [0.2, 0.25) is 5.91 Å². The molecule has 0 spiro atoms. The van der Waals surface area contributed by atoms with Crippen molar-refractivity contribution in [1.82, 2.24) is 4.90 Å². The summed E-state index contributed by atoms with van der Waals surface area (Å²) in [5.41, 5.74) is 6.09. The number of anilines is 1. The topological polar surface area (TPSA) is 75.4 Å². The molecule has 19 heavy (non-hydrogen) atoms. The Bertz CT molecular complexity index is 451. The van der Waals surface area contributed by atoms with Gasteiger partial charge < -0.3 is 16.0 Å². The fourth-order valence-corrected chi connectivity index (χ4v) is 1.70. The number of hydrogen-bond donors (Lipinski definition) is 2. The van der Waals surface area contributed by atoms with Gasteiger partial charge in [-0.15, -0.1) is 11.6 Å². The van der Waals surface area contributed by atoms with E-state index in [1.165, 1.54) is 0 Å². The number of carbonyl (C=O) groups is 2. The molecule has 5 nitrogen and oxygen atoms in total. The van der Waals surface area contributed by atoms with E-state index in [0.29, 0.717) is 23.7 Å². The van der Waals surface area contributed by atoms with Crippen molar-refractivity contribution in [3.63, 3.8) is 0 Å². The van der Waals surface area contributed by atoms with Crippen molar-refractivity contribution in [3.8, 4) is 0 Å². The lowest BCUT2D eigenvalue weighted by atomic mass is 10.2. The first kappa shape index (κ1) is 15.3. The van der Waals surface area contributed by atoms with Gasteiger partial charge in [0, 0.05) is 30.7 Å². The molecule has 3 N–H and O–H groups in total. The second-order valence-electron chi connectivity index (χ2n) is 4.19. The maximum Gasteiger partial charge on any atom is 0.321 e. The number of unbranched alkanes of at least 4 members (excludes halogenated alkanes) is 1. The Morgan fingerprint density at radius 3 is 2.74 bits per heavy atom. The van der Waals surface area contributed by atoms with Crippen LogP contribution in [0.2, 0.25) is 0 Å². The normalized spacial score (nSPS) is 10.0. The molecule has 0 atom stereocenters. The Hall–Kier alpha value is -1.75. The number of rotatable bonds is 6. The van der Waals surface area contributed by atoms with E-state index in [4.69, 9.17) is 17.3 Å². The Kier molecular flexibility index (Phi) is 6.15. The number of urea groups is 1. The van der Waals surface area contributed by atoms with Crippen molar-refractivity contribution in [2.24, 2.45) is 5.73 Å². The molecule has 0 aliphatic heterocycles. The van der Waals surface area contributed by atoms with E-state index < -0.39 is 5.91 Å². The van der Waals surface area contributed by atoms with Crippen molar-refractivity contribution < 1.29 is 9.59 Å². The standard InChI is InChI=1S/C13H18ClN3O2/c1-17(8-3-2-7-14)13(19)16-11-6-4-5-10(9-11)12(15)18/h4-6,9H,2-3,7-8H2,1H3,(H2,15,18)(H,16,19). The summed E-state index contributed by atoms with van der Waals surface area (Å²) < 4.78 is 0. The average molecular weight is 284 g/mol. The van der Waals surface area contributed by atoms with Crippen LogP contribution in [0.5, 0.6) is 0 Å². The van der Waals surface area contributed by atoms with Gasteiger partial charge >= 0.3 is 6.03 Å². The highest BCUT2D eigenvalue weighted by atomic mass is 35.5. The minimum absolute atomic E-state index is 0.226. The van der Waals surface area contributed by atoms with Gasteiger partial charge in [0.05, 0.1) is 0 Å². The van der Waals surface area contributed by atoms with Crippen LogP contribution in [0.4, 0.5) is 10.5 Å². The number of halogens is 1. The molecule has 1 aromatic rings. The zero-order valence-corrected chi connectivity index (χ0v) is 11.6. The number of hydrogen-bond acceptors (Lipinski definition) is 2. The van der Waals surface area contributed by atoms with Gasteiger partial charge in [-0.3, -0.25) is 4.79 Å². The number of nitrogens with zero attached hydrogens (tertiary/aromatic N) is 1. The Labute approximate surface area is 117 Å². The van der Waals surface area contributed by atoms with E-state index in [9.17, 15) is 9.59 Å². The first-order chi connectivity index (χ1) is 9.04. The molecule has 0 unspecified atom stereocenters. The smallest absolute Gasteiger partial charge is 0.321 e. The number of carbonyl (C=O) groups excluding carboxylic acids is 2. The molecule has 0 saturated carbocycles. The summed E-state index contributed by atoms with van der Waals surface area (Å²) in [5, 5.41) is 2.71. The summed E-state index contributed by atoms with van der Waals surface area (Å²) in [4.78, 5) is 24.5. The summed E-state index contributed by atoms with van der Waals surface area (Å²) in [6, 6.07) is 6.30. The molecule has 0 aliphatic carbocycles. The van der Waals surface area contributed by atoms with Crippen LogP contribution in [-0.2, 0) is 0 Å². The van der Waals surface area contributed by atoms with Gasteiger partial charge in [0.1, 0.15) is 0 Å². The Morgan fingerprint density at radius 1 is 1.37 bits per heavy atom. The molecule has 0 saturated heterocycles. The van der Waals surface area contributed by atoms with Crippen LogP contribution in [0.25, 0.3) is 0 Å². The monoisotopic (exact) mass is 283 g/mol. The largest absolute Gasteiger partial charge is 0.366 e. The van der Waals surface area contributed by atoms with Crippen molar-refractivity contribution in [2.75, 3.05) is 24.8 Å². The van der Waals surface area contributed by atoms with Gasteiger partial charge in [-0.2, -0.15) is 0 Å². The highest BCUT2D eigenvalue weighted by molar-refractivity contribution is 6.17. The second-order valence-corrected chi connectivity index (χ2v) is 4.57. The molecule has 0 aromatic heterocycles. The van der Waals surface area contributed by atoms with Crippen molar-refractivity contribution in [1.29, 1.82) is 0 Å². The summed E-state index contributed by atoms with van der Waals surface area (Å²) in [7, 11) is 1.71. The van der Waals surface area contributed by atoms with E-state index in [-0.39, 0.29) is 6.03 Å². The molecule has 1 aromatic carbocycles. The molecular weight excluding hydrogens is 266 g/mol. The van der Waals surface area contributed by atoms with Gasteiger partial charge in [-0.05, 0) is 31.0 Å². The fraction of sp³-hybridized carbons (Fsp3) is 0.385. The second kappa shape index (κ2) is 7.63. The highest BCUT2D eigenvalue weighted by Crippen LogP contribution is 2.11. The molecule has 0 bridgehead atoms. The van der Waals surface area contributed by atoms with Crippen LogP contribution in [0, 0.1) is 0 Å². The number of alkyl halides is 1. The molecule has 0 fully saturated rings. The quantitative estimate of drug-likeness (QED) is 0.621. The third-order valence-corrected chi connectivity index (χ3v) is 2.89. The van der Waals surface area contributed by atoms with Crippen molar-refractivity contribution in [2.45, 2.75) is 12.8 Å². The van der Waals surface area contributed by atoms with Crippen LogP contribution in [0.15, 0.2) is 24.3 Å². The number of primary amides is 1. The third-order valence-electron chi connectivity index (χ3n) is 2.62. The molecule has 3 amide bonds. The van der Waals surface area contributed by atoms with Gasteiger partial charge in [-0.25, -0.2) is 4.79 Å². The van der Waals surface area contributed by atoms with E-state index in [1.807, 2.05) is 0 Å². The maximum absolute atomic E-state index is 11.9. The van der Waals surface area contributed by atoms with Crippen LogP contribution in [0.3, 0.4) is 0 Å². The van der Waals surface area contributed by atoms with Gasteiger partial charge in [0.25, 0.3) is 0 Å². The van der Waals surface area contributed by atoms with Crippen LogP contribution < -0.4 is 11.1 Å². The number of amides is 3. The Morgan fingerprint density at radius 2 is 2.11 bits per heavy atom. The van der Waals surface area contributed by atoms with Crippen LogP contribution in [0.1, 0.15) is 23.2 Å². The molecule has 1 rings (SSSR count). The average Bonchev–Trinajstić information content (AvgIpc) is 2.39. The van der Waals surface area contributed by atoms with E-state index in [1.54, 1.807) is 36.2 Å². The minimum Gasteiger partial charge on any atom is -0.366 e. The SMILES string of the molecule is CN(CCCCCl)C(=O)Nc1cccc(C(N)=O)c1. The fourth-order valence-electron chi connectivity index (χ4n) is 1.51. The van der Waals surface area contributed by atoms with E-state index >= 15 is 0 Å². The molecule has 0 heterocycles. The Balaban J connectivity index is 2.56. The van der Waals surface area contributed by atoms with Crippen molar-refractivity contribution >= 4 is 29.2 Å². The highest BCUT2D eigenvalue weighted by Gasteiger charge is 2.09. The minimum atomic E-state index is -0.522. The first-order valence-electron chi connectivity index (χ1n) is 6.02. The van der Waals surface area contributed by atoms with Gasteiger partial charge in [-0.1, -0.05) is 6.07 Å². The van der Waals surface area contributed by atoms with E-state index in [2.05, 4.69) is 5.32 Å². The zero-order chi connectivity index (χ0) is 14.3. The maximum atomic E-state index is 11.9. The summed E-state index contributed by atoms with van der Waals surface area (Å²) >= 11 is 5.58. The molecule has 0 radical (unpaired) electrons. The zero-order valence-electron chi connectivity index (χ0n) is 10.9. The molecule has 0 aliphatic rings. The lowest BCUT2D eigenvalue weighted by Crippen LogP contribution is -2.32.